The van der Waals surface area contributed by atoms with Gasteiger partial charge in [0.05, 0.1) is 24.3 Å². The number of sulfonamides is 1. The van der Waals surface area contributed by atoms with Gasteiger partial charge in [-0.2, -0.15) is 0 Å². The van der Waals surface area contributed by atoms with Crippen molar-refractivity contribution in [2.45, 2.75) is 43.0 Å². The quantitative estimate of drug-likeness (QED) is 0.745. The van der Waals surface area contributed by atoms with Crippen LogP contribution in [-0.4, -0.2) is 38.6 Å². The first-order valence-corrected chi connectivity index (χ1v) is 9.21. The number of hydrogen-bond acceptors (Lipinski definition) is 5. The number of benzene rings is 1. The molecule has 0 radical (unpaired) electrons. The van der Waals surface area contributed by atoms with E-state index >= 15 is 0 Å². The van der Waals surface area contributed by atoms with Crippen molar-refractivity contribution in [1.82, 2.24) is 4.72 Å². The van der Waals surface area contributed by atoms with Gasteiger partial charge in [-0.25, -0.2) is 13.1 Å². The van der Waals surface area contributed by atoms with Crippen molar-refractivity contribution in [3.05, 3.63) is 29.8 Å². The zero-order valence-corrected chi connectivity index (χ0v) is 14.2. The lowest BCUT2D eigenvalue weighted by Crippen LogP contribution is -2.38. The fourth-order valence-electron chi connectivity index (χ4n) is 2.81. The molecule has 1 aromatic rings. The molecule has 0 aromatic heterocycles. The Hall–Kier alpha value is -1.93. The van der Waals surface area contributed by atoms with Crippen LogP contribution in [0.15, 0.2) is 29.2 Å². The van der Waals surface area contributed by atoms with Crippen molar-refractivity contribution in [3.8, 4) is 0 Å². The van der Waals surface area contributed by atoms with Gasteiger partial charge in [0.25, 0.3) is 0 Å². The molecule has 7 nitrogen and oxygen atoms in total. The summed E-state index contributed by atoms with van der Waals surface area (Å²) >= 11 is 0. The van der Waals surface area contributed by atoms with Gasteiger partial charge in [0.2, 0.25) is 10.0 Å². The third-order valence-corrected chi connectivity index (χ3v) is 5.70. The van der Waals surface area contributed by atoms with Gasteiger partial charge in [-0.05, 0) is 43.4 Å². The third kappa shape index (κ3) is 4.78. The van der Waals surface area contributed by atoms with Crippen molar-refractivity contribution in [1.29, 1.82) is 0 Å². The number of carbonyl (C=O) groups excluding carboxylic acids is 1. The number of nitrogens with one attached hydrogen (secondary N) is 1. The first-order chi connectivity index (χ1) is 11.3. The van der Waals surface area contributed by atoms with Gasteiger partial charge in [0.1, 0.15) is 0 Å². The topological polar surface area (TPSA) is 110 Å². The van der Waals surface area contributed by atoms with E-state index in [1.54, 1.807) is 12.1 Å². The first kappa shape index (κ1) is 18.4. The van der Waals surface area contributed by atoms with Gasteiger partial charge in [0.15, 0.2) is 0 Å². The molecule has 132 valence electrons. The smallest absolute Gasteiger partial charge is 0.309 e. The van der Waals surface area contributed by atoms with Crippen LogP contribution in [0.2, 0.25) is 0 Å². The Morgan fingerprint density at radius 1 is 1.25 bits per heavy atom. The summed E-state index contributed by atoms with van der Waals surface area (Å²) in [6.45, 7) is 0. The molecule has 1 fully saturated rings. The van der Waals surface area contributed by atoms with Crippen LogP contribution < -0.4 is 4.72 Å². The Bertz CT molecular complexity index is 707. The van der Waals surface area contributed by atoms with E-state index in [2.05, 4.69) is 9.46 Å². The highest BCUT2D eigenvalue weighted by molar-refractivity contribution is 7.89. The number of esters is 1. The molecular formula is C16H21NO6S. The highest BCUT2D eigenvalue weighted by atomic mass is 32.2. The lowest BCUT2D eigenvalue weighted by atomic mass is 9.87. The average Bonchev–Trinajstić information content (AvgIpc) is 2.55. The van der Waals surface area contributed by atoms with Gasteiger partial charge >= 0.3 is 11.9 Å². The number of ether oxygens (including phenoxy) is 1. The molecule has 0 aliphatic heterocycles. The largest absolute Gasteiger partial charge is 0.481 e. The van der Waals surface area contributed by atoms with Crippen LogP contribution in [0.1, 0.15) is 31.2 Å². The fraction of sp³-hybridized carbons (Fsp3) is 0.500. The van der Waals surface area contributed by atoms with Crippen LogP contribution in [0.4, 0.5) is 0 Å². The Labute approximate surface area is 141 Å². The first-order valence-electron chi connectivity index (χ1n) is 7.72. The summed E-state index contributed by atoms with van der Waals surface area (Å²) < 4.78 is 32.2. The SMILES string of the molecule is COC(=O)Cc1cccc(S(=O)(=O)NC2CCC(C(=O)O)CC2)c1. The number of carbonyl (C=O) groups is 2. The monoisotopic (exact) mass is 355 g/mol. The molecule has 2 N–H and O–H groups in total. The van der Waals surface area contributed by atoms with Gasteiger partial charge < -0.3 is 9.84 Å². The minimum Gasteiger partial charge on any atom is -0.481 e. The number of aliphatic carboxylic acids is 1. The number of carboxylic acids is 1. The van der Waals surface area contributed by atoms with Crippen molar-refractivity contribution < 1.29 is 27.9 Å². The second kappa shape index (κ2) is 7.76. The molecule has 1 aromatic carbocycles. The molecule has 0 amide bonds. The van der Waals surface area contributed by atoms with E-state index in [0.717, 1.165) is 0 Å². The van der Waals surface area contributed by atoms with Crippen molar-refractivity contribution >= 4 is 22.0 Å². The second-order valence-corrected chi connectivity index (χ2v) is 7.62. The highest BCUT2D eigenvalue weighted by Crippen LogP contribution is 2.25. The molecule has 0 saturated heterocycles. The van der Waals surface area contributed by atoms with Gasteiger partial charge in [0, 0.05) is 6.04 Å². The molecule has 0 bridgehead atoms. The minimum absolute atomic E-state index is 0.00355. The Kier molecular flexibility index (Phi) is 5.95. The molecule has 1 saturated carbocycles. The second-order valence-electron chi connectivity index (χ2n) is 5.91. The number of carboxylic acid groups (broad SMARTS) is 1. The summed E-state index contributed by atoms with van der Waals surface area (Å²) in [4.78, 5) is 22.3. The maximum atomic E-state index is 12.5. The van der Waals surface area contributed by atoms with Crippen LogP contribution in [0.3, 0.4) is 0 Å². The summed E-state index contributed by atoms with van der Waals surface area (Å²) in [5.41, 5.74) is 0.555. The standard InChI is InChI=1S/C16H21NO6S/c1-23-15(18)10-11-3-2-4-14(9-11)24(21,22)17-13-7-5-12(6-8-13)16(19)20/h2-4,9,12-13,17H,5-8,10H2,1H3,(H,19,20). The highest BCUT2D eigenvalue weighted by Gasteiger charge is 2.28. The number of hydrogen-bond donors (Lipinski definition) is 2. The van der Waals surface area contributed by atoms with Gasteiger partial charge in [-0.1, -0.05) is 12.1 Å². The normalized spacial score (nSPS) is 21.2. The molecule has 1 aliphatic rings. The van der Waals surface area contributed by atoms with Crippen LogP contribution in [0.25, 0.3) is 0 Å². The van der Waals surface area contributed by atoms with Crippen LogP contribution >= 0.6 is 0 Å². The maximum absolute atomic E-state index is 12.5. The van der Waals surface area contributed by atoms with Crippen LogP contribution in [0.5, 0.6) is 0 Å². The molecule has 2 rings (SSSR count). The van der Waals surface area contributed by atoms with E-state index < -0.39 is 27.9 Å². The van der Waals surface area contributed by atoms with Gasteiger partial charge in [-0.3, -0.25) is 9.59 Å². The molecular weight excluding hydrogens is 334 g/mol. The van der Waals surface area contributed by atoms with Crippen LogP contribution in [-0.2, 0) is 30.8 Å². The van der Waals surface area contributed by atoms with Crippen molar-refractivity contribution in [2.24, 2.45) is 5.92 Å². The molecule has 0 heterocycles. The Morgan fingerprint density at radius 3 is 2.50 bits per heavy atom. The summed E-state index contributed by atoms with van der Waals surface area (Å²) in [7, 11) is -2.44. The number of rotatable bonds is 6. The Balaban J connectivity index is 2.04. The molecule has 24 heavy (non-hydrogen) atoms. The van der Waals surface area contributed by atoms with E-state index in [-0.39, 0.29) is 17.4 Å². The number of methoxy groups -OCH3 is 1. The summed E-state index contributed by atoms with van der Waals surface area (Å²) in [5, 5.41) is 8.98. The van der Waals surface area contributed by atoms with Crippen molar-refractivity contribution in [2.75, 3.05) is 7.11 Å². The third-order valence-electron chi connectivity index (χ3n) is 4.18. The van der Waals surface area contributed by atoms with E-state index in [9.17, 15) is 18.0 Å². The zero-order valence-electron chi connectivity index (χ0n) is 13.4. The molecule has 1 aliphatic carbocycles. The maximum Gasteiger partial charge on any atom is 0.309 e. The summed E-state index contributed by atoms with van der Waals surface area (Å²) in [6.07, 6.45) is 1.93. The summed E-state index contributed by atoms with van der Waals surface area (Å²) in [6, 6.07) is 5.88. The fourth-order valence-corrected chi connectivity index (χ4v) is 4.18. The van der Waals surface area contributed by atoms with Gasteiger partial charge in [-0.15, -0.1) is 0 Å². The molecule has 0 atom stereocenters. The predicted octanol–water partition coefficient (Wildman–Crippen LogP) is 1.32. The minimum atomic E-state index is -3.71. The van der Waals surface area contributed by atoms with E-state index in [4.69, 9.17) is 5.11 Å². The zero-order chi connectivity index (χ0) is 17.7. The average molecular weight is 355 g/mol. The predicted molar refractivity (Wildman–Crippen MR) is 85.9 cm³/mol. The molecule has 0 unspecified atom stereocenters. The van der Waals surface area contributed by atoms with E-state index in [1.807, 2.05) is 0 Å². The van der Waals surface area contributed by atoms with Crippen molar-refractivity contribution in [3.63, 3.8) is 0 Å². The van der Waals surface area contributed by atoms with E-state index in [0.29, 0.717) is 31.2 Å². The molecule has 8 heteroatoms. The summed E-state index contributed by atoms with van der Waals surface area (Å²) in [5.74, 6) is -1.66. The van der Waals surface area contributed by atoms with E-state index in [1.165, 1.54) is 19.2 Å². The molecule has 0 spiro atoms. The Morgan fingerprint density at radius 2 is 1.92 bits per heavy atom. The lowest BCUT2D eigenvalue weighted by molar-refractivity contribution is -0.143. The van der Waals surface area contributed by atoms with Crippen LogP contribution in [0, 0.1) is 5.92 Å². The lowest BCUT2D eigenvalue weighted by Gasteiger charge is -2.26.